The summed E-state index contributed by atoms with van der Waals surface area (Å²) >= 11 is 1.37. The second-order valence-electron chi connectivity index (χ2n) is 5.68. The van der Waals surface area contributed by atoms with Gasteiger partial charge < -0.3 is 14.8 Å². The quantitative estimate of drug-likeness (QED) is 0.534. The number of carbonyl (C=O) groups excluding carboxylic acids is 2. The Morgan fingerprint density at radius 3 is 2.58 bits per heavy atom. The van der Waals surface area contributed by atoms with E-state index in [9.17, 15) is 9.59 Å². The van der Waals surface area contributed by atoms with Crippen molar-refractivity contribution in [2.45, 2.75) is 33.1 Å². The molecule has 0 saturated heterocycles. The molecule has 0 aliphatic rings. The number of unbranched alkanes of at least 4 members (excludes halogenated alkanes) is 1. The highest BCUT2D eigenvalue weighted by atomic mass is 32.1. The smallest absolute Gasteiger partial charge is 0.305 e. The van der Waals surface area contributed by atoms with Crippen molar-refractivity contribution in [1.29, 1.82) is 0 Å². The van der Waals surface area contributed by atoms with E-state index in [-0.39, 0.29) is 11.9 Å². The van der Waals surface area contributed by atoms with Gasteiger partial charge in [-0.25, -0.2) is 4.98 Å². The summed E-state index contributed by atoms with van der Waals surface area (Å²) < 4.78 is 10.0. The normalized spacial score (nSPS) is 10.4. The van der Waals surface area contributed by atoms with Gasteiger partial charge in [0.05, 0.1) is 19.4 Å². The number of carbonyl (C=O) groups is 2. The Kier molecular flexibility index (Phi) is 7.59. The highest BCUT2D eigenvalue weighted by Crippen LogP contribution is 2.29. The molecule has 0 aliphatic carbocycles. The van der Waals surface area contributed by atoms with Crippen LogP contribution in [0.2, 0.25) is 0 Å². The zero-order chi connectivity index (χ0) is 18.9. The first-order valence-corrected chi connectivity index (χ1v) is 9.42. The predicted molar refractivity (Wildman–Crippen MR) is 102 cm³/mol. The van der Waals surface area contributed by atoms with E-state index in [1.807, 2.05) is 38.1 Å². The highest BCUT2D eigenvalue weighted by Gasteiger charge is 2.16. The molecule has 0 unspecified atom stereocenters. The average molecular weight is 376 g/mol. The lowest BCUT2D eigenvalue weighted by atomic mass is 10.2. The first-order valence-electron chi connectivity index (χ1n) is 8.60. The molecule has 26 heavy (non-hydrogen) atoms. The number of hydrogen-bond acceptors (Lipinski definition) is 6. The fourth-order valence-corrected chi connectivity index (χ4v) is 3.36. The van der Waals surface area contributed by atoms with Gasteiger partial charge in [0.25, 0.3) is 5.91 Å². The lowest BCUT2D eigenvalue weighted by molar-refractivity contribution is -0.140. The number of aromatic nitrogens is 1. The third-order valence-electron chi connectivity index (χ3n) is 3.74. The number of aryl methyl sites for hydroxylation is 1. The van der Waals surface area contributed by atoms with Crippen molar-refractivity contribution >= 4 is 23.2 Å². The van der Waals surface area contributed by atoms with Crippen LogP contribution in [0.3, 0.4) is 0 Å². The summed E-state index contributed by atoms with van der Waals surface area (Å²) in [6.07, 6.45) is 1.78. The molecule has 1 aromatic heterocycles. The fourth-order valence-electron chi connectivity index (χ4n) is 2.37. The minimum atomic E-state index is -0.227. The molecule has 1 amide bonds. The summed E-state index contributed by atoms with van der Waals surface area (Å²) in [6.45, 7) is 4.92. The van der Waals surface area contributed by atoms with Crippen LogP contribution in [0, 0.1) is 6.92 Å². The van der Waals surface area contributed by atoms with E-state index in [0.717, 1.165) is 22.7 Å². The zero-order valence-corrected chi connectivity index (χ0v) is 16.1. The van der Waals surface area contributed by atoms with Crippen LogP contribution in [0.25, 0.3) is 10.6 Å². The number of methoxy groups -OCH3 is 1. The zero-order valence-electron chi connectivity index (χ0n) is 15.3. The van der Waals surface area contributed by atoms with Crippen molar-refractivity contribution in [3.8, 4) is 16.3 Å². The molecule has 0 radical (unpaired) electrons. The monoisotopic (exact) mass is 376 g/mol. The Hall–Kier alpha value is -2.41. The minimum absolute atomic E-state index is 0.129. The molecule has 0 aliphatic heterocycles. The fraction of sp³-hybridized carbons (Fsp3) is 0.421. The first-order chi connectivity index (χ1) is 12.5. The number of thiazole rings is 1. The maximum Gasteiger partial charge on any atom is 0.305 e. The molecule has 2 aromatic rings. The van der Waals surface area contributed by atoms with Crippen LogP contribution >= 0.6 is 11.3 Å². The number of nitrogens with zero attached hydrogens (tertiary/aromatic N) is 1. The minimum Gasteiger partial charge on any atom is -0.494 e. The summed E-state index contributed by atoms with van der Waals surface area (Å²) in [4.78, 5) is 28.5. The van der Waals surface area contributed by atoms with E-state index in [0.29, 0.717) is 36.6 Å². The molecule has 6 nitrogen and oxygen atoms in total. The van der Waals surface area contributed by atoms with E-state index >= 15 is 0 Å². The second-order valence-corrected chi connectivity index (χ2v) is 6.68. The summed E-state index contributed by atoms with van der Waals surface area (Å²) in [5.74, 6) is 0.458. The SMILES string of the molecule is CCOc1ccc(-c2nc(C)c(C(=O)NCCCCC(=O)OC)s2)cc1. The molecule has 1 heterocycles. The average Bonchev–Trinajstić information content (AvgIpc) is 3.03. The Morgan fingerprint density at radius 1 is 1.19 bits per heavy atom. The third kappa shape index (κ3) is 5.56. The molecule has 0 atom stereocenters. The molecular formula is C19H24N2O4S. The van der Waals surface area contributed by atoms with Gasteiger partial charge in [0.15, 0.2) is 0 Å². The van der Waals surface area contributed by atoms with Gasteiger partial charge in [-0.05, 0) is 51.0 Å². The molecule has 0 fully saturated rings. The van der Waals surface area contributed by atoms with Crippen molar-refractivity contribution in [1.82, 2.24) is 10.3 Å². The van der Waals surface area contributed by atoms with Gasteiger partial charge in [0.1, 0.15) is 15.6 Å². The van der Waals surface area contributed by atoms with Gasteiger partial charge in [-0.2, -0.15) is 0 Å². The van der Waals surface area contributed by atoms with Crippen molar-refractivity contribution in [2.24, 2.45) is 0 Å². The lowest BCUT2D eigenvalue weighted by Crippen LogP contribution is -2.24. The standard InChI is InChI=1S/C19H24N2O4S/c1-4-25-15-10-8-14(9-11-15)19-21-13(2)17(26-19)18(23)20-12-6-5-7-16(22)24-3/h8-11H,4-7,12H2,1-3H3,(H,20,23). The largest absolute Gasteiger partial charge is 0.494 e. The van der Waals surface area contributed by atoms with Gasteiger partial charge in [0.2, 0.25) is 0 Å². The number of rotatable bonds is 9. The Balaban J connectivity index is 1.92. The van der Waals surface area contributed by atoms with Gasteiger partial charge in [0, 0.05) is 18.5 Å². The van der Waals surface area contributed by atoms with E-state index in [4.69, 9.17) is 4.74 Å². The van der Waals surface area contributed by atoms with Crippen molar-refractivity contribution in [3.63, 3.8) is 0 Å². The maximum absolute atomic E-state index is 12.4. The van der Waals surface area contributed by atoms with Gasteiger partial charge in [-0.1, -0.05) is 0 Å². The van der Waals surface area contributed by atoms with Crippen molar-refractivity contribution < 1.29 is 19.1 Å². The number of nitrogens with one attached hydrogen (secondary N) is 1. The van der Waals surface area contributed by atoms with E-state index in [2.05, 4.69) is 15.0 Å². The molecule has 7 heteroatoms. The summed E-state index contributed by atoms with van der Waals surface area (Å²) in [7, 11) is 1.37. The maximum atomic E-state index is 12.4. The molecule has 0 spiro atoms. The van der Waals surface area contributed by atoms with Crippen LogP contribution in [0.15, 0.2) is 24.3 Å². The van der Waals surface area contributed by atoms with E-state index in [1.54, 1.807) is 0 Å². The number of benzene rings is 1. The van der Waals surface area contributed by atoms with Crippen LogP contribution in [0.1, 0.15) is 41.6 Å². The molecule has 2 rings (SSSR count). The number of ether oxygens (including phenoxy) is 2. The van der Waals surface area contributed by atoms with Crippen LogP contribution in [-0.4, -0.2) is 37.1 Å². The van der Waals surface area contributed by atoms with Crippen molar-refractivity contribution in [2.75, 3.05) is 20.3 Å². The van der Waals surface area contributed by atoms with Crippen LogP contribution in [0.5, 0.6) is 5.75 Å². The van der Waals surface area contributed by atoms with Crippen LogP contribution in [0.4, 0.5) is 0 Å². The second kappa shape index (κ2) is 9.91. The summed E-state index contributed by atoms with van der Waals surface area (Å²) in [5.41, 5.74) is 1.67. The van der Waals surface area contributed by atoms with E-state index in [1.165, 1.54) is 18.4 Å². The Bertz CT molecular complexity index is 740. The molecule has 1 aromatic carbocycles. The van der Waals surface area contributed by atoms with Gasteiger partial charge in [-0.15, -0.1) is 11.3 Å². The van der Waals surface area contributed by atoms with Gasteiger partial charge in [-0.3, -0.25) is 9.59 Å². The van der Waals surface area contributed by atoms with Crippen LogP contribution in [-0.2, 0) is 9.53 Å². The third-order valence-corrected chi connectivity index (χ3v) is 4.94. The predicted octanol–water partition coefficient (Wildman–Crippen LogP) is 3.59. The number of esters is 1. The van der Waals surface area contributed by atoms with Crippen molar-refractivity contribution in [3.05, 3.63) is 34.8 Å². The summed E-state index contributed by atoms with van der Waals surface area (Å²) in [5, 5.41) is 3.69. The number of hydrogen-bond donors (Lipinski definition) is 1. The first kappa shape index (κ1) is 19.9. The Labute approximate surface area is 157 Å². The van der Waals surface area contributed by atoms with Gasteiger partial charge >= 0.3 is 5.97 Å². The molecule has 0 bridgehead atoms. The Morgan fingerprint density at radius 2 is 1.92 bits per heavy atom. The molecule has 1 N–H and O–H groups in total. The topological polar surface area (TPSA) is 77.5 Å². The van der Waals surface area contributed by atoms with Crippen LogP contribution < -0.4 is 10.1 Å². The highest BCUT2D eigenvalue weighted by molar-refractivity contribution is 7.17. The molecule has 0 saturated carbocycles. The van der Waals surface area contributed by atoms with E-state index < -0.39 is 0 Å². The summed E-state index contributed by atoms with van der Waals surface area (Å²) in [6, 6.07) is 7.68. The number of amides is 1. The molecular weight excluding hydrogens is 352 g/mol. The molecule has 140 valence electrons. The lowest BCUT2D eigenvalue weighted by Gasteiger charge is -2.04.